The summed E-state index contributed by atoms with van der Waals surface area (Å²) in [6.07, 6.45) is 1.98. The topological polar surface area (TPSA) is 42.7 Å². The second kappa shape index (κ2) is 5.56. The number of halogens is 1. The van der Waals surface area contributed by atoms with Crippen molar-refractivity contribution in [1.29, 1.82) is 0 Å². The van der Waals surface area contributed by atoms with Gasteiger partial charge in [-0.3, -0.25) is 0 Å². The molecular formula is C10H13BrN4S. The zero-order valence-corrected chi connectivity index (χ0v) is 11.4. The molecule has 0 aliphatic rings. The quantitative estimate of drug-likeness (QED) is 0.921. The summed E-state index contributed by atoms with van der Waals surface area (Å²) >= 11 is 5.23. The molecule has 0 aliphatic heterocycles. The molecule has 0 spiro atoms. The van der Waals surface area contributed by atoms with Gasteiger partial charge >= 0.3 is 0 Å². The average molecular weight is 301 g/mol. The first-order valence-electron chi connectivity index (χ1n) is 5.11. The molecule has 4 nitrogen and oxygen atoms in total. The van der Waals surface area contributed by atoms with E-state index in [0.29, 0.717) is 0 Å². The maximum Gasteiger partial charge on any atom is 0.0964 e. The Morgan fingerprint density at radius 1 is 1.56 bits per heavy atom. The van der Waals surface area contributed by atoms with Gasteiger partial charge in [-0.2, -0.15) is 0 Å². The van der Waals surface area contributed by atoms with Crippen LogP contribution < -0.4 is 5.32 Å². The van der Waals surface area contributed by atoms with E-state index < -0.39 is 0 Å². The Balaban J connectivity index is 2.00. The minimum absolute atomic E-state index is 0.775. The van der Waals surface area contributed by atoms with Crippen molar-refractivity contribution >= 4 is 27.3 Å². The zero-order chi connectivity index (χ0) is 11.4. The molecule has 6 heteroatoms. The molecule has 0 aromatic carbocycles. The van der Waals surface area contributed by atoms with Crippen LogP contribution in [0.25, 0.3) is 0 Å². The maximum atomic E-state index is 4.10. The standard InChI is InChI=1S/C10H13BrN4S/c1-2-12-5-8-6-15(14-13-8)7-10-9(11)3-4-16-10/h3-4,6,12H,2,5,7H2,1H3. The number of hydrogen-bond donors (Lipinski definition) is 1. The van der Waals surface area contributed by atoms with E-state index in [1.165, 1.54) is 4.88 Å². The van der Waals surface area contributed by atoms with Crippen LogP contribution in [0.1, 0.15) is 17.5 Å². The Morgan fingerprint density at radius 2 is 2.44 bits per heavy atom. The molecule has 0 amide bonds. The normalized spacial score (nSPS) is 10.9. The van der Waals surface area contributed by atoms with Gasteiger partial charge in [0.1, 0.15) is 0 Å². The van der Waals surface area contributed by atoms with Crippen molar-refractivity contribution in [2.75, 3.05) is 6.54 Å². The van der Waals surface area contributed by atoms with Crippen LogP contribution in [0.5, 0.6) is 0 Å². The van der Waals surface area contributed by atoms with Crippen LogP contribution in [-0.2, 0) is 13.1 Å². The summed E-state index contributed by atoms with van der Waals surface area (Å²) in [5.41, 5.74) is 0.981. The van der Waals surface area contributed by atoms with Crippen LogP contribution in [0.15, 0.2) is 22.1 Å². The molecule has 0 bridgehead atoms. The van der Waals surface area contributed by atoms with E-state index in [9.17, 15) is 0 Å². The molecule has 2 heterocycles. The van der Waals surface area contributed by atoms with Crippen molar-refractivity contribution in [2.24, 2.45) is 0 Å². The molecule has 0 unspecified atom stereocenters. The van der Waals surface area contributed by atoms with Gasteiger partial charge in [0.2, 0.25) is 0 Å². The lowest BCUT2D eigenvalue weighted by atomic mass is 10.4. The molecule has 86 valence electrons. The SMILES string of the molecule is CCNCc1cn(Cc2sccc2Br)nn1. The van der Waals surface area contributed by atoms with Gasteiger partial charge in [-0.25, -0.2) is 4.68 Å². The van der Waals surface area contributed by atoms with Gasteiger partial charge in [0.25, 0.3) is 0 Å². The summed E-state index contributed by atoms with van der Waals surface area (Å²) in [4.78, 5) is 1.26. The minimum atomic E-state index is 0.775. The molecular weight excluding hydrogens is 288 g/mol. The van der Waals surface area contributed by atoms with Crippen LogP contribution in [0.3, 0.4) is 0 Å². The van der Waals surface area contributed by atoms with Crippen molar-refractivity contribution in [3.05, 3.63) is 32.7 Å². The van der Waals surface area contributed by atoms with Gasteiger partial charge in [-0.1, -0.05) is 12.1 Å². The summed E-state index contributed by atoms with van der Waals surface area (Å²) in [6.45, 7) is 4.58. The first-order chi connectivity index (χ1) is 7.79. The van der Waals surface area contributed by atoms with Gasteiger partial charge in [-0.15, -0.1) is 16.4 Å². The first-order valence-corrected chi connectivity index (χ1v) is 6.78. The van der Waals surface area contributed by atoms with Crippen LogP contribution in [0.2, 0.25) is 0 Å². The summed E-state index contributed by atoms with van der Waals surface area (Å²) in [7, 11) is 0. The van der Waals surface area contributed by atoms with E-state index in [4.69, 9.17) is 0 Å². The fraction of sp³-hybridized carbons (Fsp3) is 0.400. The average Bonchev–Trinajstić information content (AvgIpc) is 2.87. The van der Waals surface area contributed by atoms with E-state index in [1.54, 1.807) is 11.3 Å². The van der Waals surface area contributed by atoms with Crippen LogP contribution in [-0.4, -0.2) is 21.5 Å². The summed E-state index contributed by atoms with van der Waals surface area (Å²) in [5, 5.41) is 13.5. The third kappa shape index (κ3) is 2.90. The second-order valence-corrected chi connectivity index (χ2v) is 5.23. The highest BCUT2D eigenvalue weighted by molar-refractivity contribution is 9.10. The fourth-order valence-corrected chi connectivity index (χ4v) is 2.80. The smallest absolute Gasteiger partial charge is 0.0964 e. The molecule has 0 radical (unpaired) electrons. The molecule has 0 atom stereocenters. The van der Waals surface area contributed by atoms with Crippen molar-refractivity contribution in [1.82, 2.24) is 20.3 Å². The number of nitrogens with one attached hydrogen (secondary N) is 1. The van der Waals surface area contributed by atoms with Crippen molar-refractivity contribution in [2.45, 2.75) is 20.0 Å². The number of rotatable bonds is 5. The van der Waals surface area contributed by atoms with Gasteiger partial charge in [0.15, 0.2) is 0 Å². The van der Waals surface area contributed by atoms with Crippen molar-refractivity contribution < 1.29 is 0 Å². The summed E-state index contributed by atoms with van der Waals surface area (Å²) < 4.78 is 3.00. The second-order valence-electron chi connectivity index (χ2n) is 3.38. The van der Waals surface area contributed by atoms with Crippen LogP contribution >= 0.6 is 27.3 Å². The Morgan fingerprint density at radius 3 is 3.12 bits per heavy atom. The lowest BCUT2D eigenvalue weighted by Gasteiger charge is -1.97. The van der Waals surface area contributed by atoms with Crippen molar-refractivity contribution in [3.8, 4) is 0 Å². The van der Waals surface area contributed by atoms with Gasteiger partial charge < -0.3 is 5.32 Å². The first kappa shape index (κ1) is 11.8. The highest BCUT2D eigenvalue weighted by Crippen LogP contribution is 2.23. The molecule has 0 fully saturated rings. The Kier molecular flexibility index (Phi) is 4.09. The maximum absolute atomic E-state index is 4.10. The van der Waals surface area contributed by atoms with Crippen LogP contribution in [0, 0.1) is 0 Å². The Bertz CT molecular complexity index is 451. The molecule has 2 rings (SSSR count). The number of nitrogens with zero attached hydrogens (tertiary/aromatic N) is 3. The summed E-state index contributed by atoms with van der Waals surface area (Å²) in [6, 6.07) is 2.05. The molecule has 16 heavy (non-hydrogen) atoms. The van der Waals surface area contributed by atoms with E-state index in [2.05, 4.69) is 49.9 Å². The summed E-state index contributed by atoms with van der Waals surface area (Å²) in [5.74, 6) is 0. The van der Waals surface area contributed by atoms with Crippen LogP contribution in [0.4, 0.5) is 0 Å². The van der Waals surface area contributed by atoms with Gasteiger partial charge in [0, 0.05) is 15.9 Å². The highest BCUT2D eigenvalue weighted by atomic mass is 79.9. The van der Waals surface area contributed by atoms with E-state index >= 15 is 0 Å². The third-order valence-electron chi connectivity index (χ3n) is 2.14. The van der Waals surface area contributed by atoms with E-state index in [0.717, 1.165) is 29.8 Å². The van der Waals surface area contributed by atoms with Gasteiger partial charge in [-0.05, 0) is 33.9 Å². The molecule has 2 aromatic rings. The van der Waals surface area contributed by atoms with Crippen molar-refractivity contribution in [3.63, 3.8) is 0 Å². The zero-order valence-electron chi connectivity index (χ0n) is 8.98. The number of aromatic nitrogens is 3. The van der Waals surface area contributed by atoms with E-state index in [1.807, 2.05) is 10.9 Å². The minimum Gasteiger partial charge on any atom is -0.311 e. The largest absolute Gasteiger partial charge is 0.311 e. The third-order valence-corrected chi connectivity index (χ3v) is 4.05. The Hall–Kier alpha value is -0.720. The molecule has 2 aromatic heterocycles. The Labute approximate surface area is 107 Å². The predicted molar refractivity (Wildman–Crippen MR) is 68.5 cm³/mol. The van der Waals surface area contributed by atoms with Gasteiger partial charge in [0.05, 0.1) is 18.4 Å². The predicted octanol–water partition coefficient (Wildman–Crippen LogP) is 2.26. The molecule has 1 N–H and O–H groups in total. The van der Waals surface area contributed by atoms with E-state index in [-0.39, 0.29) is 0 Å². The molecule has 0 saturated heterocycles. The number of hydrogen-bond acceptors (Lipinski definition) is 4. The number of thiophene rings is 1. The molecule has 0 saturated carbocycles. The fourth-order valence-electron chi connectivity index (χ4n) is 1.33. The lowest BCUT2D eigenvalue weighted by molar-refractivity contribution is 0.652. The lowest BCUT2D eigenvalue weighted by Crippen LogP contribution is -2.11. The molecule has 0 aliphatic carbocycles. The highest BCUT2D eigenvalue weighted by Gasteiger charge is 2.04. The monoisotopic (exact) mass is 300 g/mol.